The summed E-state index contributed by atoms with van der Waals surface area (Å²) in [6, 6.07) is 9.53. The zero-order valence-corrected chi connectivity index (χ0v) is 20.7. The summed E-state index contributed by atoms with van der Waals surface area (Å²) >= 11 is 6.27. The number of amides is 1. The van der Waals surface area contributed by atoms with Crippen LogP contribution >= 0.6 is 38.6 Å². The Morgan fingerprint density at radius 2 is 1.57 bits per heavy atom. The molecular weight excluding hydrogens is 568 g/mol. The lowest BCUT2D eigenvalue weighted by Gasteiger charge is -2.07. The van der Waals surface area contributed by atoms with Gasteiger partial charge in [-0.1, -0.05) is 38.4 Å². The molecule has 9 nitrogen and oxygen atoms in total. The van der Waals surface area contributed by atoms with E-state index in [4.69, 9.17) is 19.5 Å². The molecule has 1 amide bonds. The Bertz CT molecular complexity index is 1410. The van der Waals surface area contributed by atoms with Crippen LogP contribution in [0.2, 0.25) is 0 Å². The molecule has 0 aliphatic rings. The fraction of sp³-hybridized carbons (Fsp3) is 0.0952. The first kappa shape index (κ1) is 24.6. The molecule has 2 N–H and O–H groups in total. The van der Waals surface area contributed by atoms with Gasteiger partial charge in [-0.15, -0.1) is 22.7 Å². The van der Waals surface area contributed by atoms with Crippen molar-refractivity contribution in [3.05, 3.63) is 76.1 Å². The number of carbonyl (C=O) groups excluding carboxylic acids is 1. The molecule has 0 unspecified atom stereocenters. The van der Waals surface area contributed by atoms with Crippen molar-refractivity contribution in [1.82, 2.24) is 20.3 Å². The van der Waals surface area contributed by atoms with Crippen molar-refractivity contribution in [2.24, 2.45) is 5.73 Å². The van der Waals surface area contributed by atoms with E-state index in [-0.39, 0.29) is 18.2 Å². The molecule has 4 heterocycles. The lowest BCUT2D eigenvalue weighted by atomic mass is 10.1. The Hall–Kier alpha value is -3.49. The fourth-order valence-corrected chi connectivity index (χ4v) is 4.17. The Morgan fingerprint density at radius 3 is 2.09 bits per heavy atom. The van der Waals surface area contributed by atoms with Gasteiger partial charge in [-0.25, -0.2) is 8.78 Å². The van der Waals surface area contributed by atoms with Crippen LogP contribution in [0.3, 0.4) is 0 Å². The van der Waals surface area contributed by atoms with E-state index in [9.17, 15) is 13.6 Å². The first-order valence-corrected chi connectivity index (χ1v) is 12.5. The third-order valence-electron chi connectivity index (χ3n) is 4.19. The molecule has 0 bridgehead atoms. The molecule has 35 heavy (non-hydrogen) atoms. The van der Waals surface area contributed by atoms with Gasteiger partial charge in [0.25, 0.3) is 11.8 Å². The quantitative estimate of drug-likeness (QED) is 0.251. The standard InChI is InChI=1S/C14H9F2N3O3S.C7H5BrN2OS/c15-7-3-4-8(12(16)11(7)13(17)20)21-6-10-18-14(19-22-10)9-2-1-5-23-9;8-4-6-9-7(10-11-6)5-2-1-3-12-5/h1-5H,6H2,(H2,17,20);1-3H,4H2. The number of nitrogens with zero attached hydrogens (tertiary/aromatic N) is 4. The van der Waals surface area contributed by atoms with E-state index in [2.05, 4.69) is 36.2 Å². The maximum atomic E-state index is 14.0. The van der Waals surface area contributed by atoms with Gasteiger partial charge in [-0.3, -0.25) is 4.79 Å². The van der Waals surface area contributed by atoms with E-state index >= 15 is 0 Å². The largest absolute Gasteiger partial charge is 0.481 e. The highest BCUT2D eigenvalue weighted by molar-refractivity contribution is 9.08. The number of thiophene rings is 2. The third-order valence-corrected chi connectivity index (χ3v) is 6.40. The number of halogens is 3. The van der Waals surface area contributed by atoms with Crippen LogP contribution < -0.4 is 10.5 Å². The minimum absolute atomic E-state index is 0.109. The summed E-state index contributed by atoms with van der Waals surface area (Å²) < 4.78 is 42.4. The van der Waals surface area contributed by atoms with Crippen molar-refractivity contribution >= 4 is 44.5 Å². The SMILES string of the molecule is BrCc1nc(-c2cccs2)no1.NC(=O)c1c(F)ccc(OCc2nc(-c3cccs3)no2)c1F. The van der Waals surface area contributed by atoms with Gasteiger partial charge in [0.15, 0.2) is 18.2 Å². The maximum absolute atomic E-state index is 14.0. The number of benzene rings is 1. The number of carbonyl (C=O) groups is 1. The maximum Gasteiger partial charge on any atom is 0.264 e. The van der Waals surface area contributed by atoms with Crippen LogP contribution in [-0.2, 0) is 11.9 Å². The van der Waals surface area contributed by atoms with Crippen LogP contribution in [0.25, 0.3) is 21.4 Å². The molecule has 180 valence electrons. The Balaban J connectivity index is 0.000000201. The van der Waals surface area contributed by atoms with E-state index in [1.807, 2.05) is 35.0 Å². The number of ether oxygens (including phenoxy) is 1. The van der Waals surface area contributed by atoms with E-state index in [1.54, 1.807) is 11.3 Å². The zero-order chi connectivity index (χ0) is 24.8. The van der Waals surface area contributed by atoms with Crippen LogP contribution in [-0.4, -0.2) is 26.2 Å². The van der Waals surface area contributed by atoms with Gasteiger partial charge in [-0.2, -0.15) is 9.97 Å². The van der Waals surface area contributed by atoms with Crippen LogP contribution in [0.15, 0.2) is 56.2 Å². The molecule has 0 spiro atoms. The number of alkyl halides is 1. The van der Waals surface area contributed by atoms with E-state index < -0.39 is 23.1 Å². The fourth-order valence-electron chi connectivity index (χ4n) is 2.64. The number of primary amides is 1. The molecule has 4 aromatic heterocycles. The van der Waals surface area contributed by atoms with Gasteiger partial charge in [0.05, 0.1) is 15.1 Å². The highest BCUT2D eigenvalue weighted by Crippen LogP contribution is 2.25. The van der Waals surface area contributed by atoms with Crippen molar-refractivity contribution in [2.45, 2.75) is 11.9 Å². The van der Waals surface area contributed by atoms with Gasteiger partial charge < -0.3 is 19.5 Å². The summed E-state index contributed by atoms with van der Waals surface area (Å²) in [5.41, 5.74) is 4.08. The average molecular weight is 582 g/mol. The van der Waals surface area contributed by atoms with Crippen molar-refractivity contribution in [2.75, 3.05) is 0 Å². The summed E-state index contributed by atoms with van der Waals surface area (Å²) in [6.07, 6.45) is 0. The normalized spacial score (nSPS) is 10.6. The van der Waals surface area contributed by atoms with Crippen molar-refractivity contribution in [1.29, 1.82) is 0 Å². The van der Waals surface area contributed by atoms with Crippen molar-refractivity contribution in [3.63, 3.8) is 0 Å². The van der Waals surface area contributed by atoms with E-state index in [0.717, 1.165) is 21.9 Å². The molecule has 0 atom stereocenters. The van der Waals surface area contributed by atoms with Gasteiger partial charge in [0.2, 0.25) is 17.5 Å². The lowest BCUT2D eigenvalue weighted by molar-refractivity contribution is 0.0991. The molecule has 0 aliphatic carbocycles. The summed E-state index contributed by atoms with van der Waals surface area (Å²) in [6.45, 7) is -0.237. The monoisotopic (exact) mass is 581 g/mol. The Kier molecular flexibility index (Phi) is 7.94. The van der Waals surface area contributed by atoms with E-state index in [0.29, 0.717) is 22.9 Å². The van der Waals surface area contributed by atoms with Gasteiger partial charge >= 0.3 is 0 Å². The molecule has 1 aromatic carbocycles. The predicted octanol–water partition coefficient (Wildman–Crippen LogP) is 5.45. The number of aromatic nitrogens is 4. The first-order chi connectivity index (χ1) is 17.0. The zero-order valence-electron chi connectivity index (χ0n) is 17.5. The molecule has 14 heteroatoms. The first-order valence-electron chi connectivity index (χ1n) is 9.65. The molecular formula is C21H14BrF2N5O4S2. The highest BCUT2D eigenvalue weighted by Gasteiger charge is 2.20. The molecule has 0 radical (unpaired) electrons. The molecule has 5 rings (SSSR count). The third kappa shape index (κ3) is 5.96. The second-order valence-corrected chi connectivity index (χ2v) is 8.96. The highest BCUT2D eigenvalue weighted by atomic mass is 79.9. The predicted molar refractivity (Wildman–Crippen MR) is 127 cm³/mol. The smallest absolute Gasteiger partial charge is 0.264 e. The Morgan fingerprint density at radius 1 is 0.971 bits per heavy atom. The number of rotatable bonds is 7. The minimum Gasteiger partial charge on any atom is -0.481 e. The molecule has 0 aliphatic heterocycles. The number of nitrogens with two attached hydrogens (primary N) is 1. The number of hydrogen-bond donors (Lipinski definition) is 1. The summed E-state index contributed by atoms with van der Waals surface area (Å²) in [7, 11) is 0. The lowest BCUT2D eigenvalue weighted by Crippen LogP contribution is -2.16. The summed E-state index contributed by atoms with van der Waals surface area (Å²) in [5.74, 6) is -2.01. The van der Waals surface area contributed by atoms with Gasteiger partial charge in [0, 0.05) is 0 Å². The second-order valence-electron chi connectivity index (χ2n) is 6.50. The molecule has 5 aromatic rings. The molecule has 0 fully saturated rings. The second kappa shape index (κ2) is 11.3. The van der Waals surface area contributed by atoms with Crippen molar-refractivity contribution < 1.29 is 27.4 Å². The van der Waals surface area contributed by atoms with Gasteiger partial charge in [0.1, 0.15) is 11.4 Å². The van der Waals surface area contributed by atoms with Crippen LogP contribution in [0.5, 0.6) is 5.75 Å². The van der Waals surface area contributed by atoms with Gasteiger partial charge in [-0.05, 0) is 35.0 Å². The average Bonchev–Trinajstić information content (AvgIpc) is 3.65. The summed E-state index contributed by atoms with van der Waals surface area (Å²) in [5, 5.41) is 12.0. The van der Waals surface area contributed by atoms with Crippen LogP contribution in [0.1, 0.15) is 22.1 Å². The van der Waals surface area contributed by atoms with Crippen molar-refractivity contribution in [3.8, 4) is 27.2 Å². The van der Waals surface area contributed by atoms with E-state index in [1.165, 1.54) is 11.3 Å². The van der Waals surface area contributed by atoms with Crippen LogP contribution in [0.4, 0.5) is 8.78 Å². The summed E-state index contributed by atoms with van der Waals surface area (Å²) in [4.78, 5) is 21.1. The number of hydrogen-bond acceptors (Lipinski definition) is 10. The molecule has 0 saturated heterocycles. The molecule has 0 saturated carbocycles. The van der Waals surface area contributed by atoms with Crippen LogP contribution in [0, 0.1) is 11.6 Å². The Labute approximate surface area is 212 Å². The topological polar surface area (TPSA) is 130 Å². The minimum atomic E-state index is -1.22.